The van der Waals surface area contributed by atoms with Crippen LogP contribution in [0.15, 0.2) is 42.6 Å². The van der Waals surface area contributed by atoms with Gasteiger partial charge in [-0.1, -0.05) is 6.07 Å². The molecule has 1 N–H and O–H groups in total. The van der Waals surface area contributed by atoms with E-state index in [1.807, 2.05) is 48.8 Å². The van der Waals surface area contributed by atoms with Crippen LogP contribution in [-0.2, 0) is 0 Å². The third kappa shape index (κ3) is 3.03. The minimum Gasteiger partial charge on any atom is -0.495 e. The highest BCUT2D eigenvalue weighted by atomic mass is 35.5. The summed E-state index contributed by atoms with van der Waals surface area (Å²) in [4.78, 5) is 13.1. The summed E-state index contributed by atoms with van der Waals surface area (Å²) in [5.41, 5.74) is 3.70. The summed E-state index contributed by atoms with van der Waals surface area (Å²) in [7, 11) is 5.02. The molecule has 1 aromatic carbocycles. The molecule has 5 nitrogen and oxygen atoms in total. The van der Waals surface area contributed by atoms with Crippen molar-refractivity contribution in [1.29, 1.82) is 0 Å². The topological polar surface area (TPSA) is 52.0 Å². The van der Waals surface area contributed by atoms with Gasteiger partial charge >= 0.3 is 0 Å². The summed E-state index contributed by atoms with van der Waals surface area (Å²) in [5.74, 6) is 1.28. The van der Waals surface area contributed by atoms with Gasteiger partial charge in [-0.05, 0) is 37.3 Å². The first-order valence-corrected chi connectivity index (χ1v) is 7.66. The quantitative estimate of drug-likeness (QED) is 0.700. The fraction of sp³-hybridized carbons (Fsp3) is 0.211. The van der Waals surface area contributed by atoms with Gasteiger partial charge in [-0.25, -0.2) is 0 Å². The second-order valence-corrected chi connectivity index (χ2v) is 5.46. The van der Waals surface area contributed by atoms with Crippen LogP contribution in [0.2, 0.25) is 0 Å². The van der Waals surface area contributed by atoms with E-state index in [2.05, 4.69) is 5.32 Å². The number of carbonyl (C=O) groups excluding carboxylic acids is 1. The first-order valence-electron chi connectivity index (χ1n) is 7.66. The summed E-state index contributed by atoms with van der Waals surface area (Å²) in [6.45, 7) is 1.90. The zero-order valence-electron chi connectivity index (χ0n) is 14.6. The van der Waals surface area contributed by atoms with Gasteiger partial charge in [0.2, 0.25) is 5.78 Å². The maximum Gasteiger partial charge on any atom is 0.210 e. The average Bonchev–Trinajstić information content (AvgIpc) is 2.91. The van der Waals surface area contributed by atoms with Crippen molar-refractivity contribution in [2.75, 3.05) is 26.6 Å². The molecule has 0 saturated heterocycles. The number of hydrogen-bond acceptors (Lipinski definition) is 4. The van der Waals surface area contributed by atoms with Crippen molar-refractivity contribution >= 4 is 29.4 Å². The number of nitrogens with one attached hydrogen (secondary N) is 1. The summed E-state index contributed by atoms with van der Waals surface area (Å²) in [6.07, 6.45) is 1.87. The van der Waals surface area contributed by atoms with Crippen molar-refractivity contribution in [3.8, 4) is 11.5 Å². The van der Waals surface area contributed by atoms with Gasteiger partial charge in [0, 0.05) is 24.4 Å². The third-order valence-electron chi connectivity index (χ3n) is 4.18. The number of rotatable bonds is 5. The molecule has 3 aromatic rings. The van der Waals surface area contributed by atoms with Crippen LogP contribution in [-0.4, -0.2) is 31.5 Å². The zero-order valence-corrected chi connectivity index (χ0v) is 15.4. The molecule has 0 spiro atoms. The number of pyridine rings is 1. The summed E-state index contributed by atoms with van der Waals surface area (Å²) < 4.78 is 12.7. The molecule has 0 saturated carbocycles. The standard InChI is InChI=1S/C19H20N2O3.ClH/c1-12-17(21-10-6-5-7-15(21)19(12)24-4)18(22)13-8-9-14(20-2)16(11-13)23-3;/h5-11,20H,1-4H3;1H. The van der Waals surface area contributed by atoms with Crippen LogP contribution in [0.25, 0.3) is 5.52 Å². The van der Waals surface area contributed by atoms with E-state index in [1.54, 1.807) is 26.4 Å². The molecule has 2 aromatic heterocycles. The van der Waals surface area contributed by atoms with Crippen molar-refractivity contribution in [2.45, 2.75) is 6.92 Å². The van der Waals surface area contributed by atoms with E-state index in [9.17, 15) is 4.79 Å². The van der Waals surface area contributed by atoms with Gasteiger partial charge in [0.25, 0.3) is 0 Å². The minimum atomic E-state index is -0.0713. The Labute approximate surface area is 153 Å². The van der Waals surface area contributed by atoms with Gasteiger partial charge in [0.05, 0.1) is 25.4 Å². The summed E-state index contributed by atoms with van der Waals surface area (Å²) >= 11 is 0. The molecular weight excluding hydrogens is 340 g/mol. The Balaban J connectivity index is 0.00000225. The highest BCUT2D eigenvalue weighted by Crippen LogP contribution is 2.33. The monoisotopic (exact) mass is 360 g/mol. The number of halogens is 1. The van der Waals surface area contributed by atoms with Gasteiger partial charge in [-0.3, -0.25) is 4.79 Å². The lowest BCUT2D eigenvalue weighted by atomic mass is 10.0. The third-order valence-corrected chi connectivity index (χ3v) is 4.18. The SMILES string of the molecule is CNc1ccc(C(=O)c2c(C)c(OC)c3ccccn23)cc1OC.Cl. The molecule has 2 heterocycles. The number of benzene rings is 1. The molecule has 0 amide bonds. The second-order valence-electron chi connectivity index (χ2n) is 5.46. The Kier molecular flexibility index (Phi) is 5.59. The first-order chi connectivity index (χ1) is 11.6. The van der Waals surface area contributed by atoms with Crippen LogP contribution in [0.5, 0.6) is 11.5 Å². The number of fused-ring (bicyclic) bond motifs is 1. The van der Waals surface area contributed by atoms with Crippen molar-refractivity contribution in [3.63, 3.8) is 0 Å². The molecule has 0 radical (unpaired) electrons. The van der Waals surface area contributed by atoms with Gasteiger partial charge in [0.1, 0.15) is 17.2 Å². The number of methoxy groups -OCH3 is 2. The number of aromatic nitrogens is 1. The Morgan fingerprint density at radius 1 is 1.12 bits per heavy atom. The Bertz CT molecular complexity index is 918. The lowest BCUT2D eigenvalue weighted by molar-refractivity contribution is 0.103. The maximum absolute atomic E-state index is 13.1. The normalized spacial score (nSPS) is 10.2. The molecule has 0 aliphatic heterocycles. The van der Waals surface area contributed by atoms with Gasteiger partial charge in [-0.2, -0.15) is 0 Å². The lowest BCUT2D eigenvalue weighted by Crippen LogP contribution is -2.07. The smallest absolute Gasteiger partial charge is 0.210 e. The number of carbonyl (C=O) groups is 1. The fourth-order valence-electron chi connectivity index (χ4n) is 3.02. The highest BCUT2D eigenvalue weighted by Gasteiger charge is 2.22. The molecule has 6 heteroatoms. The molecule has 0 atom stereocenters. The number of anilines is 1. The van der Waals surface area contributed by atoms with E-state index in [0.29, 0.717) is 17.0 Å². The van der Waals surface area contributed by atoms with Crippen LogP contribution >= 0.6 is 12.4 Å². The molecule has 0 aliphatic rings. The molecule has 0 unspecified atom stereocenters. The lowest BCUT2D eigenvalue weighted by Gasteiger charge is -2.10. The largest absolute Gasteiger partial charge is 0.495 e. The number of nitrogens with zero attached hydrogens (tertiary/aromatic N) is 1. The van der Waals surface area contributed by atoms with Crippen LogP contribution in [0.1, 0.15) is 21.6 Å². The molecule has 132 valence electrons. The maximum atomic E-state index is 13.1. The van der Waals surface area contributed by atoms with Gasteiger partial charge in [0.15, 0.2) is 0 Å². The van der Waals surface area contributed by atoms with Crippen molar-refractivity contribution < 1.29 is 14.3 Å². The van der Waals surface area contributed by atoms with Crippen LogP contribution in [0.4, 0.5) is 5.69 Å². The van der Waals surface area contributed by atoms with Crippen LogP contribution in [0.3, 0.4) is 0 Å². The van der Waals surface area contributed by atoms with E-state index in [0.717, 1.165) is 22.5 Å². The van der Waals surface area contributed by atoms with Crippen molar-refractivity contribution in [3.05, 3.63) is 59.4 Å². The summed E-state index contributed by atoms with van der Waals surface area (Å²) in [5, 5.41) is 3.05. The van der Waals surface area contributed by atoms with Crippen molar-refractivity contribution in [2.24, 2.45) is 0 Å². The molecule has 25 heavy (non-hydrogen) atoms. The molecule has 0 bridgehead atoms. The van der Waals surface area contributed by atoms with Crippen molar-refractivity contribution in [1.82, 2.24) is 4.40 Å². The predicted octanol–water partition coefficient (Wildman–Crippen LogP) is 3.96. The Hall–Kier alpha value is -2.66. The number of ether oxygens (including phenoxy) is 2. The van der Waals surface area contributed by atoms with E-state index in [1.165, 1.54) is 0 Å². The molecular formula is C19H21ClN2O3. The van der Waals surface area contributed by atoms with Crippen LogP contribution in [0, 0.1) is 6.92 Å². The van der Waals surface area contributed by atoms with Gasteiger partial charge < -0.3 is 19.2 Å². The van der Waals surface area contributed by atoms with Crippen LogP contribution < -0.4 is 14.8 Å². The van der Waals surface area contributed by atoms with E-state index >= 15 is 0 Å². The van der Waals surface area contributed by atoms with E-state index < -0.39 is 0 Å². The predicted molar refractivity (Wildman–Crippen MR) is 102 cm³/mol. The average molecular weight is 361 g/mol. The zero-order chi connectivity index (χ0) is 17.3. The number of hydrogen-bond donors (Lipinski definition) is 1. The van der Waals surface area contributed by atoms with E-state index in [-0.39, 0.29) is 18.2 Å². The van der Waals surface area contributed by atoms with E-state index in [4.69, 9.17) is 9.47 Å². The highest BCUT2D eigenvalue weighted by molar-refractivity contribution is 6.10. The minimum absolute atomic E-state index is 0. The Morgan fingerprint density at radius 3 is 2.52 bits per heavy atom. The Morgan fingerprint density at radius 2 is 1.88 bits per heavy atom. The van der Waals surface area contributed by atoms with Gasteiger partial charge in [-0.15, -0.1) is 12.4 Å². The first kappa shape index (κ1) is 18.7. The summed E-state index contributed by atoms with van der Waals surface area (Å²) in [6, 6.07) is 11.2. The molecule has 3 rings (SSSR count). The second kappa shape index (κ2) is 7.49. The molecule has 0 fully saturated rings. The molecule has 0 aliphatic carbocycles. The fourth-order valence-corrected chi connectivity index (χ4v) is 3.02. The number of ketones is 1.